The van der Waals surface area contributed by atoms with Gasteiger partial charge in [0.15, 0.2) is 5.43 Å². The molecule has 96 valence electrons. The lowest BCUT2D eigenvalue weighted by atomic mass is 10.1. The van der Waals surface area contributed by atoms with Crippen molar-refractivity contribution in [1.29, 1.82) is 0 Å². The van der Waals surface area contributed by atoms with Crippen molar-refractivity contribution in [2.75, 3.05) is 0 Å². The lowest BCUT2D eigenvalue weighted by Crippen LogP contribution is -2.00. The van der Waals surface area contributed by atoms with E-state index in [9.17, 15) is 4.79 Å². The van der Waals surface area contributed by atoms with Crippen LogP contribution < -0.4 is 5.43 Å². The van der Waals surface area contributed by atoms with E-state index in [0.717, 1.165) is 30.0 Å². The van der Waals surface area contributed by atoms with Crippen LogP contribution in [0.4, 0.5) is 0 Å². The number of rotatable bonds is 0. The number of hydrogen-bond acceptors (Lipinski definition) is 2. The second-order valence-electron chi connectivity index (χ2n) is 4.77. The summed E-state index contributed by atoms with van der Waals surface area (Å²) < 4.78 is 3.06. The Bertz CT molecular complexity index is 1030. The van der Waals surface area contributed by atoms with Gasteiger partial charge in [-0.2, -0.15) is 0 Å². The highest BCUT2D eigenvalue weighted by molar-refractivity contribution is 9.10. The molecule has 3 aromatic carbocycles. The standard InChI is InChI=1S/C17H9BrOS/c18-12-5-6-13-16(9-12)20-15-8-11-4-2-1-3-10(11)7-14(15)17(13)19/h1-9H. The van der Waals surface area contributed by atoms with Crippen molar-refractivity contribution in [3.05, 3.63) is 69.3 Å². The van der Waals surface area contributed by atoms with Crippen LogP contribution in [0.3, 0.4) is 0 Å². The highest BCUT2D eigenvalue weighted by atomic mass is 79.9. The molecule has 0 saturated carbocycles. The summed E-state index contributed by atoms with van der Waals surface area (Å²) in [7, 11) is 0. The number of benzene rings is 3. The molecule has 1 aromatic heterocycles. The van der Waals surface area contributed by atoms with E-state index in [1.165, 1.54) is 5.39 Å². The molecule has 0 atom stereocenters. The zero-order valence-corrected chi connectivity index (χ0v) is 12.8. The van der Waals surface area contributed by atoms with Crippen molar-refractivity contribution < 1.29 is 0 Å². The third kappa shape index (κ3) is 1.78. The Morgan fingerprint density at radius 2 is 1.50 bits per heavy atom. The first kappa shape index (κ1) is 12.1. The van der Waals surface area contributed by atoms with Gasteiger partial charge in [-0.15, -0.1) is 11.3 Å². The molecule has 0 fully saturated rings. The van der Waals surface area contributed by atoms with Gasteiger partial charge in [0.25, 0.3) is 0 Å². The van der Waals surface area contributed by atoms with E-state index < -0.39 is 0 Å². The lowest BCUT2D eigenvalue weighted by Gasteiger charge is -2.04. The van der Waals surface area contributed by atoms with E-state index in [4.69, 9.17) is 0 Å². The summed E-state index contributed by atoms with van der Waals surface area (Å²) in [5, 5.41) is 3.88. The molecule has 0 spiro atoms. The van der Waals surface area contributed by atoms with E-state index in [-0.39, 0.29) is 5.43 Å². The van der Waals surface area contributed by atoms with Crippen LogP contribution in [0.5, 0.6) is 0 Å². The van der Waals surface area contributed by atoms with Gasteiger partial charge >= 0.3 is 0 Å². The Kier molecular flexibility index (Phi) is 2.65. The summed E-state index contributed by atoms with van der Waals surface area (Å²) in [6.45, 7) is 0. The third-order valence-electron chi connectivity index (χ3n) is 3.50. The van der Waals surface area contributed by atoms with Crippen LogP contribution in [-0.2, 0) is 0 Å². The van der Waals surface area contributed by atoms with Gasteiger partial charge in [0.2, 0.25) is 0 Å². The van der Waals surface area contributed by atoms with Gasteiger partial charge in [-0.05, 0) is 41.1 Å². The second-order valence-corrected chi connectivity index (χ2v) is 6.77. The highest BCUT2D eigenvalue weighted by Gasteiger charge is 2.07. The Morgan fingerprint density at radius 1 is 0.800 bits per heavy atom. The van der Waals surface area contributed by atoms with Crippen LogP contribution >= 0.6 is 27.3 Å². The van der Waals surface area contributed by atoms with E-state index in [1.807, 2.05) is 42.5 Å². The topological polar surface area (TPSA) is 17.1 Å². The SMILES string of the molecule is O=c1c2ccc(Br)cc2sc2cc3ccccc3cc12. The van der Waals surface area contributed by atoms with Gasteiger partial charge in [0.05, 0.1) is 0 Å². The highest BCUT2D eigenvalue weighted by Crippen LogP contribution is 2.29. The average molecular weight is 341 g/mol. The molecule has 0 bridgehead atoms. The maximum atomic E-state index is 12.6. The van der Waals surface area contributed by atoms with Crippen molar-refractivity contribution in [2.24, 2.45) is 0 Å². The van der Waals surface area contributed by atoms with Gasteiger partial charge in [0, 0.05) is 24.6 Å². The molecule has 4 rings (SSSR count). The van der Waals surface area contributed by atoms with Crippen molar-refractivity contribution in [2.45, 2.75) is 0 Å². The zero-order chi connectivity index (χ0) is 13.7. The van der Waals surface area contributed by atoms with Gasteiger partial charge in [-0.1, -0.05) is 40.2 Å². The summed E-state index contributed by atoms with van der Waals surface area (Å²) >= 11 is 5.13. The van der Waals surface area contributed by atoms with Crippen LogP contribution in [0.15, 0.2) is 63.9 Å². The molecule has 4 aromatic rings. The van der Waals surface area contributed by atoms with Crippen LogP contribution in [0, 0.1) is 0 Å². The summed E-state index contributed by atoms with van der Waals surface area (Å²) in [6.07, 6.45) is 0. The molecule has 0 aliphatic heterocycles. The smallest absolute Gasteiger partial charge is 0.195 e. The molecule has 3 heteroatoms. The van der Waals surface area contributed by atoms with Crippen LogP contribution in [0.1, 0.15) is 0 Å². The minimum Gasteiger partial charge on any atom is -0.289 e. The van der Waals surface area contributed by atoms with E-state index in [1.54, 1.807) is 11.3 Å². The molecule has 20 heavy (non-hydrogen) atoms. The molecular formula is C17H9BrOS. The summed E-state index contributed by atoms with van der Waals surface area (Å²) in [4.78, 5) is 12.6. The van der Waals surface area contributed by atoms with Crippen molar-refractivity contribution in [3.63, 3.8) is 0 Å². The van der Waals surface area contributed by atoms with Crippen molar-refractivity contribution in [3.8, 4) is 0 Å². The Balaban J connectivity index is 2.26. The first-order valence-corrected chi connectivity index (χ1v) is 7.88. The maximum absolute atomic E-state index is 12.6. The average Bonchev–Trinajstić information content (AvgIpc) is 2.45. The fraction of sp³-hybridized carbons (Fsp3) is 0. The van der Waals surface area contributed by atoms with Gasteiger partial charge in [0.1, 0.15) is 0 Å². The summed E-state index contributed by atoms with van der Waals surface area (Å²) in [6, 6.07) is 18.1. The van der Waals surface area contributed by atoms with Crippen LogP contribution in [0.25, 0.3) is 30.9 Å². The summed E-state index contributed by atoms with van der Waals surface area (Å²) in [5.74, 6) is 0. The quantitative estimate of drug-likeness (QED) is 0.395. The summed E-state index contributed by atoms with van der Waals surface area (Å²) in [5.41, 5.74) is 0.118. The molecule has 0 aliphatic rings. The first-order valence-electron chi connectivity index (χ1n) is 6.27. The molecule has 0 amide bonds. The van der Waals surface area contributed by atoms with Crippen LogP contribution in [-0.4, -0.2) is 0 Å². The Labute approximate surface area is 127 Å². The number of halogens is 1. The van der Waals surface area contributed by atoms with Gasteiger partial charge < -0.3 is 0 Å². The minimum absolute atomic E-state index is 0.118. The number of hydrogen-bond donors (Lipinski definition) is 0. The maximum Gasteiger partial charge on any atom is 0.195 e. The van der Waals surface area contributed by atoms with Crippen molar-refractivity contribution in [1.82, 2.24) is 0 Å². The van der Waals surface area contributed by atoms with Gasteiger partial charge in [-0.25, -0.2) is 0 Å². The first-order chi connectivity index (χ1) is 9.72. The minimum atomic E-state index is 0.118. The Hall–Kier alpha value is -1.71. The predicted octanol–water partition coefficient (Wildman–Crippen LogP) is 5.33. The monoisotopic (exact) mass is 340 g/mol. The van der Waals surface area contributed by atoms with E-state index in [0.29, 0.717) is 0 Å². The number of fused-ring (bicyclic) bond motifs is 3. The third-order valence-corrected chi connectivity index (χ3v) is 5.11. The van der Waals surface area contributed by atoms with Gasteiger partial charge in [-0.3, -0.25) is 4.79 Å². The molecular weight excluding hydrogens is 332 g/mol. The molecule has 0 saturated heterocycles. The van der Waals surface area contributed by atoms with Crippen LogP contribution in [0.2, 0.25) is 0 Å². The van der Waals surface area contributed by atoms with Crippen molar-refractivity contribution >= 4 is 58.2 Å². The lowest BCUT2D eigenvalue weighted by molar-refractivity contribution is 1.72. The normalized spacial score (nSPS) is 11.4. The van der Waals surface area contributed by atoms with E-state index >= 15 is 0 Å². The Morgan fingerprint density at radius 3 is 2.30 bits per heavy atom. The molecule has 1 heterocycles. The fourth-order valence-electron chi connectivity index (χ4n) is 2.51. The zero-order valence-electron chi connectivity index (χ0n) is 10.4. The fourth-order valence-corrected chi connectivity index (χ4v) is 4.17. The molecule has 1 nitrogen and oxygen atoms in total. The molecule has 0 unspecified atom stereocenters. The van der Waals surface area contributed by atoms with E-state index in [2.05, 4.69) is 28.1 Å². The largest absolute Gasteiger partial charge is 0.289 e. The molecule has 0 radical (unpaired) electrons. The molecule has 0 N–H and O–H groups in total. The molecule has 0 aliphatic carbocycles. The second kappa shape index (κ2) is 4.40. The predicted molar refractivity (Wildman–Crippen MR) is 90.8 cm³/mol.